The van der Waals surface area contributed by atoms with E-state index >= 15 is 0 Å². The van der Waals surface area contributed by atoms with Crippen LogP contribution in [0, 0.1) is 0 Å². The lowest BCUT2D eigenvalue weighted by molar-refractivity contribution is -0.155. The molecule has 1 unspecified atom stereocenters. The zero-order chi connectivity index (χ0) is 11.4. The minimum Gasteiger partial charge on any atom is -0.458 e. The second kappa shape index (κ2) is 4.28. The molecule has 0 saturated heterocycles. The van der Waals surface area contributed by atoms with E-state index in [2.05, 4.69) is 4.99 Å². The van der Waals surface area contributed by atoms with Gasteiger partial charge in [-0.05, 0) is 11.6 Å². The zero-order valence-corrected chi connectivity index (χ0v) is 8.54. The highest BCUT2D eigenvalue weighted by molar-refractivity contribution is 6.02. The monoisotopic (exact) mass is 217 g/mol. The van der Waals surface area contributed by atoms with Crippen molar-refractivity contribution in [3.8, 4) is 0 Å². The standard InChI is InChI=1S/C12H11NO3/c14-11(12(15)6-7-13-9-12)16-8-10-4-2-1-3-5-10/h1-7,9,15H,8H2. The molecule has 0 aliphatic carbocycles. The summed E-state index contributed by atoms with van der Waals surface area (Å²) < 4.78 is 4.98. The van der Waals surface area contributed by atoms with Crippen molar-refractivity contribution in [1.29, 1.82) is 0 Å². The summed E-state index contributed by atoms with van der Waals surface area (Å²) in [7, 11) is 0. The Kier molecular flexibility index (Phi) is 2.83. The quantitative estimate of drug-likeness (QED) is 0.770. The van der Waals surface area contributed by atoms with E-state index in [9.17, 15) is 9.90 Å². The van der Waals surface area contributed by atoms with E-state index < -0.39 is 11.6 Å². The smallest absolute Gasteiger partial charge is 0.348 e. The van der Waals surface area contributed by atoms with Crippen LogP contribution in [0.3, 0.4) is 0 Å². The lowest BCUT2D eigenvalue weighted by Gasteiger charge is -2.14. The van der Waals surface area contributed by atoms with Crippen molar-refractivity contribution in [2.75, 3.05) is 0 Å². The molecule has 0 fully saturated rings. The maximum absolute atomic E-state index is 11.5. The minimum absolute atomic E-state index is 0.143. The van der Waals surface area contributed by atoms with Crippen molar-refractivity contribution in [1.82, 2.24) is 0 Å². The van der Waals surface area contributed by atoms with Gasteiger partial charge in [0.05, 0.1) is 6.21 Å². The number of carbonyl (C=O) groups is 1. The van der Waals surface area contributed by atoms with Gasteiger partial charge in [0.2, 0.25) is 5.60 Å². The van der Waals surface area contributed by atoms with Crippen molar-refractivity contribution in [3.63, 3.8) is 0 Å². The maximum Gasteiger partial charge on any atom is 0.348 e. The predicted molar refractivity (Wildman–Crippen MR) is 58.8 cm³/mol. The van der Waals surface area contributed by atoms with Crippen LogP contribution in [-0.2, 0) is 16.1 Å². The van der Waals surface area contributed by atoms with Crippen molar-refractivity contribution in [3.05, 3.63) is 48.2 Å². The molecule has 4 nitrogen and oxygen atoms in total. The van der Waals surface area contributed by atoms with Gasteiger partial charge in [-0.15, -0.1) is 0 Å². The van der Waals surface area contributed by atoms with E-state index in [-0.39, 0.29) is 6.61 Å². The first-order chi connectivity index (χ1) is 7.71. The van der Waals surface area contributed by atoms with Gasteiger partial charge in [-0.3, -0.25) is 4.99 Å². The summed E-state index contributed by atoms with van der Waals surface area (Å²) in [6, 6.07) is 9.28. The maximum atomic E-state index is 11.5. The molecule has 0 amide bonds. The molecule has 0 spiro atoms. The van der Waals surface area contributed by atoms with Gasteiger partial charge >= 0.3 is 5.97 Å². The van der Waals surface area contributed by atoms with Crippen molar-refractivity contribution in [2.24, 2.45) is 4.99 Å². The number of esters is 1. The van der Waals surface area contributed by atoms with E-state index in [0.717, 1.165) is 11.8 Å². The lowest BCUT2D eigenvalue weighted by atomic mass is 10.1. The molecule has 4 heteroatoms. The van der Waals surface area contributed by atoms with Crippen molar-refractivity contribution in [2.45, 2.75) is 12.2 Å². The average Bonchev–Trinajstić information content (AvgIpc) is 2.76. The number of nitrogens with zero attached hydrogens (tertiary/aromatic N) is 1. The third kappa shape index (κ3) is 2.17. The molecule has 1 aromatic carbocycles. The van der Waals surface area contributed by atoms with Gasteiger partial charge in [0.25, 0.3) is 0 Å². The van der Waals surface area contributed by atoms with Gasteiger partial charge in [0.1, 0.15) is 6.61 Å². The summed E-state index contributed by atoms with van der Waals surface area (Å²) in [5.74, 6) is -0.714. The highest BCUT2D eigenvalue weighted by Gasteiger charge is 2.35. The minimum atomic E-state index is -1.70. The third-order valence-electron chi connectivity index (χ3n) is 2.23. The van der Waals surface area contributed by atoms with Gasteiger partial charge in [-0.1, -0.05) is 30.3 Å². The molecule has 1 aliphatic heterocycles. The highest BCUT2D eigenvalue weighted by Crippen LogP contribution is 2.13. The predicted octanol–water partition coefficient (Wildman–Crippen LogP) is 1.06. The number of benzene rings is 1. The molecule has 1 atom stereocenters. The summed E-state index contributed by atoms with van der Waals surface area (Å²) >= 11 is 0. The van der Waals surface area contributed by atoms with Crippen molar-refractivity contribution < 1.29 is 14.6 Å². The molecule has 1 aromatic rings. The number of carbonyl (C=O) groups excluding carboxylic acids is 1. The zero-order valence-electron chi connectivity index (χ0n) is 8.54. The average molecular weight is 217 g/mol. The Labute approximate surface area is 92.9 Å². The van der Waals surface area contributed by atoms with Crippen LogP contribution in [0.1, 0.15) is 5.56 Å². The molecule has 0 aromatic heterocycles. The number of aliphatic imine (C=N–C) groups is 1. The number of hydrogen-bond donors (Lipinski definition) is 1. The number of hydrogen-bond acceptors (Lipinski definition) is 4. The van der Waals surface area contributed by atoms with Crippen LogP contribution in [0.2, 0.25) is 0 Å². The van der Waals surface area contributed by atoms with Gasteiger partial charge in [0.15, 0.2) is 0 Å². The number of aliphatic hydroxyl groups is 1. The largest absolute Gasteiger partial charge is 0.458 e. The Bertz CT molecular complexity index is 425. The molecule has 1 N–H and O–H groups in total. The molecule has 2 rings (SSSR count). The highest BCUT2D eigenvalue weighted by atomic mass is 16.5. The fourth-order valence-corrected chi connectivity index (χ4v) is 1.32. The van der Waals surface area contributed by atoms with Crippen LogP contribution in [0.4, 0.5) is 0 Å². The third-order valence-corrected chi connectivity index (χ3v) is 2.23. The molecule has 0 radical (unpaired) electrons. The Morgan fingerprint density at radius 3 is 2.75 bits per heavy atom. The van der Waals surface area contributed by atoms with E-state index in [1.807, 2.05) is 30.3 Å². The second-order valence-corrected chi connectivity index (χ2v) is 3.48. The van der Waals surface area contributed by atoms with Crippen LogP contribution < -0.4 is 0 Å². The molecular weight excluding hydrogens is 206 g/mol. The van der Waals surface area contributed by atoms with E-state index in [0.29, 0.717) is 0 Å². The van der Waals surface area contributed by atoms with Crippen LogP contribution in [0.15, 0.2) is 47.6 Å². The summed E-state index contributed by atoms with van der Waals surface area (Å²) in [5, 5.41) is 9.73. The molecule has 1 aliphatic rings. The number of rotatable bonds is 3. The van der Waals surface area contributed by atoms with E-state index in [1.54, 1.807) is 0 Å². The fraction of sp³-hybridized carbons (Fsp3) is 0.167. The molecule has 1 heterocycles. The van der Waals surface area contributed by atoms with Crippen LogP contribution in [-0.4, -0.2) is 22.9 Å². The normalized spacial score (nSPS) is 22.3. The Morgan fingerprint density at radius 2 is 2.12 bits per heavy atom. The van der Waals surface area contributed by atoms with E-state index in [4.69, 9.17) is 4.74 Å². The van der Waals surface area contributed by atoms with Crippen LogP contribution >= 0.6 is 0 Å². The van der Waals surface area contributed by atoms with Gasteiger partial charge in [-0.2, -0.15) is 0 Å². The van der Waals surface area contributed by atoms with Gasteiger partial charge in [-0.25, -0.2) is 4.79 Å². The van der Waals surface area contributed by atoms with Crippen LogP contribution in [0.25, 0.3) is 0 Å². The van der Waals surface area contributed by atoms with Gasteiger partial charge < -0.3 is 9.84 Å². The molecule has 0 saturated carbocycles. The summed E-state index contributed by atoms with van der Waals surface area (Å²) in [5.41, 5.74) is -0.826. The second-order valence-electron chi connectivity index (χ2n) is 3.48. The Morgan fingerprint density at radius 1 is 1.38 bits per heavy atom. The topological polar surface area (TPSA) is 58.9 Å². The first-order valence-electron chi connectivity index (χ1n) is 4.86. The summed E-state index contributed by atoms with van der Waals surface area (Å²) in [6.45, 7) is 0.143. The van der Waals surface area contributed by atoms with E-state index in [1.165, 1.54) is 12.3 Å². The van der Waals surface area contributed by atoms with Crippen LogP contribution in [0.5, 0.6) is 0 Å². The first-order valence-corrected chi connectivity index (χ1v) is 4.86. The Balaban J connectivity index is 1.94. The first kappa shape index (κ1) is 10.6. The number of ether oxygens (including phenoxy) is 1. The fourth-order valence-electron chi connectivity index (χ4n) is 1.32. The summed E-state index contributed by atoms with van der Waals surface area (Å²) in [4.78, 5) is 15.2. The molecular formula is C12H11NO3. The molecule has 0 bridgehead atoms. The van der Waals surface area contributed by atoms with Crippen molar-refractivity contribution >= 4 is 12.2 Å². The lowest BCUT2D eigenvalue weighted by Crippen LogP contribution is -2.38. The molecule has 16 heavy (non-hydrogen) atoms. The SMILES string of the molecule is O=C(OCc1ccccc1)C1(O)C=CN=C1. The summed E-state index contributed by atoms with van der Waals surface area (Å²) in [6.07, 6.45) is 3.81. The Hall–Kier alpha value is -1.94. The molecule has 82 valence electrons. The van der Waals surface area contributed by atoms with Gasteiger partial charge in [0, 0.05) is 6.20 Å².